The summed E-state index contributed by atoms with van der Waals surface area (Å²) in [6.45, 7) is 4.24. The van der Waals surface area contributed by atoms with E-state index in [1.807, 2.05) is 21.1 Å². The fourth-order valence-corrected chi connectivity index (χ4v) is 8.48. The maximum absolute atomic E-state index is 12.7. The van der Waals surface area contributed by atoms with Gasteiger partial charge in [0.2, 0.25) is 0 Å². The average Bonchev–Trinajstić information content (AvgIpc) is 3.25. The monoisotopic (exact) mass is 926 g/mol. The molecule has 0 aliphatic rings. The van der Waals surface area contributed by atoms with Crippen LogP contribution in [0.1, 0.15) is 258 Å². The molecule has 378 valence electrons. The fraction of sp³-hybridized carbons (Fsp3) is 0.889. The van der Waals surface area contributed by atoms with E-state index in [-0.39, 0.29) is 32.0 Å². The number of rotatable bonds is 50. The number of carbonyl (C=O) groups is 2. The van der Waals surface area contributed by atoms with Crippen LogP contribution in [0.5, 0.6) is 0 Å². The maximum atomic E-state index is 12.7. The summed E-state index contributed by atoms with van der Waals surface area (Å²) in [5.74, 6) is -0.830. The Kier molecular flexibility index (Phi) is 45.5. The highest BCUT2D eigenvalue weighted by atomic mass is 31.2. The molecule has 0 amide bonds. The van der Waals surface area contributed by atoms with E-state index in [1.165, 1.54) is 173 Å². The zero-order valence-electron chi connectivity index (χ0n) is 42.7. The minimum atomic E-state index is -4.63. The molecule has 0 fully saturated rings. The fourth-order valence-electron chi connectivity index (χ4n) is 7.75. The van der Waals surface area contributed by atoms with Crippen molar-refractivity contribution in [3.05, 3.63) is 24.3 Å². The summed E-state index contributed by atoms with van der Waals surface area (Å²) < 4.78 is 34.1. The van der Waals surface area contributed by atoms with Gasteiger partial charge in [-0.05, 0) is 44.9 Å². The quantitative estimate of drug-likeness (QED) is 0.0195. The number of quaternary nitrogens is 1. The summed E-state index contributed by atoms with van der Waals surface area (Å²) in [6.07, 6.45) is 53.6. The molecule has 0 aromatic rings. The first kappa shape index (κ1) is 62.5. The third kappa shape index (κ3) is 49.9. The lowest BCUT2D eigenvalue weighted by Crippen LogP contribution is -2.37. The Labute approximate surface area is 396 Å². The lowest BCUT2D eigenvalue weighted by Gasteiger charge is -2.28. The number of phosphoric acid groups is 1. The van der Waals surface area contributed by atoms with E-state index in [0.29, 0.717) is 17.4 Å². The zero-order chi connectivity index (χ0) is 47.1. The van der Waals surface area contributed by atoms with Gasteiger partial charge in [-0.15, -0.1) is 0 Å². The van der Waals surface area contributed by atoms with E-state index in [0.717, 1.165) is 51.4 Å². The first-order valence-electron chi connectivity index (χ1n) is 27.0. The summed E-state index contributed by atoms with van der Waals surface area (Å²) in [6, 6.07) is 0. The van der Waals surface area contributed by atoms with E-state index in [4.69, 9.17) is 18.5 Å². The van der Waals surface area contributed by atoms with Gasteiger partial charge in [-0.3, -0.25) is 14.2 Å². The second-order valence-corrected chi connectivity index (χ2v) is 21.0. The van der Waals surface area contributed by atoms with E-state index in [1.54, 1.807) is 0 Å². The SMILES string of the molecule is CCCCC/C=C\C/C=C\CCCCCCCCCC(=O)OC(COC(=O)CCCCCCCCCCCCCCCCCCCCCCCCC)COP(=O)([O-])OCC[N+](C)(C)C. The molecule has 0 aliphatic carbocycles. The van der Waals surface area contributed by atoms with Crippen LogP contribution in [0.15, 0.2) is 24.3 Å². The first-order valence-corrected chi connectivity index (χ1v) is 28.5. The predicted octanol–water partition coefficient (Wildman–Crippen LogP) is 15.6. The standard InChI is InChI=1S/C54H104NO8P/c1-6-8-10-12-14-16-18-20-22-24-25-26-27-28-29-31-32-34-36-38-40-42-44-46-53(56)60-50-52(51-62-64(58,59)61-49-48-55(3,4)5)63-54(57)47-45-43-41-39-37-35-33-30-23-21-19-17-15-13-11-9-7-2/h15,17,21,23,52H,6-14,16,18-20,22,24-51H2,1-5H3/b17-15-,23-21-. The second kappa shape index (κ2) is 46.6. The van der Waals surface area contributed by atoms with E-state index >= 15 is 0 Å². The van der Waals surface area contributed by atoms with Crippen LogP contribution < -0.4 is 4.89 Å². The Hall–Kier alpha value is -1.51. The number of likely N-dealkylation sites (N-methyl/N-ethyl adjacent to an activating group) is 1. The third-order valence-electron chi connectivity index (χ3n) is 12.0. The molecule has 0 saturated carbocycles. The molecule has 2 atom stereocenters. The van der Waals surface area contributed by atoms with Crippen molar-refractivity contribution in [2.45, 2.75) is 264 Å². The Bertz CT molecular complexity index is 1140. The normalized spacial score (nSPS) is 13.5. The lowest BCUT2D eigenvalue weighted by molar-refractivity contribution is -0.870. The van der Waals surface area contributed by atoms with Crippen LogP contribution in [-0.4, -0.2) is 70.0 Å². The molecule has 9 nitrogen and oxygen atoms in total. The van der Waals surface area contributed by atoms with Gasteiger partial charge in [-0.2, -0.15) is 0 Å². The summed E-state index contributed by atoms with van der Waals surface area (Å²) >= 11 is 0. The van der Waals surface area contributed by atoms with Gasteiger partial charge in [0.15, 0.2) is 6.10 Å². The Morgan fingerprint density at radius 3 is 1.27 bits per heavy atom. The van der Waals surface area contributed by atoms with Crippen molar-refractivity contribution in [2.75, 3.05) is 47.5 Å². The van der Waals surface area contributed by atoms with E-state index in [2.05, 4.69) is 38.2 Å². The topological polar surface area (TPSA) is 111 Å². The third-order valence-corrected chi connectivity index (χ3v) is 12.9. The number of hydrogen-bond donors (Lipinski definition) is 0. The van der Waals surface area contributed by atoms with Crippen LogP contribution in [0.4, 0.5) is 0 Å². The average molecular weight is 926 g/mol. The molecule has 0 heterocycles. The number of ether oxygens (including phenoxy) is 2. The van der Waals surface area contributed by atoms with E-state index in [9.17, 15) is 19.0 Å². The molecule has 64 heavy (non-hydrogen) atoms. The van der Waals surface area contributed by atoms with Gasteiger partial charge in [0, 0.05) is 12.8 Å². The van der Waals surface area contributed by atoms with Crippen LogP contribution >= 0.6 is 7.82 Å². The van der Waals surface area contributed by atoms with Gasteiger partial charge in [0.1, 0.15) is 19.8 Å². The summed E-state index contributed by atoms with van der Waals surface area (Å²) in [5, 5.41) is 0. The highest BCUT2D eigenvalue weighted by Crippen LogP contribution is 2.38. The highest BCUT2D eigenvalue weighted by Gasteiger charge is 2.21. The Morgan fingerprint density at radius 2 is 0.844 bits per heavy atom. The minimum Gasteiger partial charge on any atom is -0.756 e. The molecule has 0 N–H and O–H groups in total. The van der Waals surface area contributed by atoms with Crippen molar-refractivity contribution in [1.82, 2.24) is 0 Å². The molecule has 2 unspecified atom stereocenters. The predicted molar refractivity (Wildman–Crippen MR) is 268 cm³/mol. The number of unbranched alkanes of at least 4 members (excludes halogenated alkanes) is 32. The molecule has 0 radical (unpaired) electrons. The van der Waals surface area contributed by atoms with Crippen molar-refractivity contribution in [1.29, 1.82) is 0 Å². The molecule has 0 aliphatic heterocycles. The van der Waals surface area contributed by atoms with Crippen LogP contribution in [-0.2, 0) is 32.7 Å². The molecule has 0 spiro atoms. The largest absolute Gasteiger partial charge is 0.756 e. The molecule has 0 aromatic heterocycles. The van der Waals surface area contributed by atoms with Gasteiger partial charge < -0.3 is 27.9 Å². The molecule has 0 rings (SSSR count). The van der Waals surface area contributed by atoms with Crippen LogP contribution in [0.3, 0.4) is 0 Å². The molecule has 10 heteroatoms. The summed E-state index contributed by atoms with van der Waals surface area (Å²) in [7, 11) is 1.17. The number of hydrogen-bond acceptors (Lipinski definition) is 8. The van der Waals surface area contributed by atoms with Crippen molar-refractivity contribution >= 4 is 19.8 Å². The highest BCUT2D eigenvalue weighted by molar-refractivity contribution is 7.45. The summed E-state index contributed by atoms with van der Waals surface area (Å²) in [4.78, 5) is 37.8. The summed E-state index contributed by atoms with van der Waals surface area (Å²) in [5.41, 5.74) is 0. The van der Waals surface area contributed by atoms with Crippen molar-refractivity contribution < 1.29 is 42.1 Å². The molecule has 0 saturated heterocycles. The van der Waals surface area contributed by atoms with Gasteiger partial charge in [0.05, 0.1) is 27.7 Å². The second-order valence-electron chi connectivity index (χ2n) is 19.6. The number of nitrogens with zero attached hydrogens (tertiary/aromatic N) is 1. The number of allylic oxidation sites excluding steroid dienone is 4. The Morgan fingerprint density at radius 1 is 0.484 bits per heavy atom. The van der Waals surface area contributed by atoms with E-state index < -0.39 is 26.5 Å². The molecule has 0 bridgehead atoms. The minimum absolute atomic E-state index is 0.0303. The van der Waals surface area contributed by atoms with Crippen molar-refractivity contribution in [3.8, 4) is 0 Å². The Balaban J connectivity index is 4.16. The molecular weight excluding hydrogens is 822 g/mol. The van der Waals surface area contributed by atoms with Gasteiger partial charge in [0.25, 0.3) is 7.82 Å². The first-order chi connectivity index (χ1) is 31.0. The number of phosphoric ester groups is 1. The van der Waals surface area contributed by atoms with Crippen LogP contribution in [0.2, 0.25) is 0 Å². The number of carbonyl (C=O) groups excluding carboxylic acids is 2. The van der Waals surface area contributed by atoms with Gasteiger partial charge in [-0.25, -0.2) is 0 Å². The van der Waals surface area contributed by atoms with Crippen molar-refractivity contribution in [3.63, 3.8) is 0 Å². The zero-order valence-corrected chi connectivity index (χ0v) is 43.6. The van der Waals surface area contributed by atoms with Gasteiger partial charge in [-0.1, -0.05) is 224 Å². The smallest absolute Gasteiger partial charge is 0.306 e. The van der Waals surface area contributed by atoms with Gasteiger partial charge >= 0.3 is 11.9 Å². The molecular formula is C54H104NO8P. The molecule has 0 aromatic carbocycles. The van der Waals surface area contributed by atoms with Crippen LogP contribution in [0, 0.1) is 0 Å². The number of esters is 2. The van der Waals surface area contributed by atoms with Crippen molar-refractivity contribution in [2.24, 2.45) is 0 Å². The lowest BCUT2D eigenvalue weighted by atomic mass is 10.0. The maximum Gasteiger partial charge on any atom is 0.306 e. The van der Waals surface area contributed by atoms with Crippen LogP contribution in [0.25, 0.3) is 0 Å².